The quantitative estimate of drug-likeness (QED) is 0.850. The normalized spacial score (nSPS) is 12.7. The largest absolute Gasteiger partial charge is 0.486 e. The molecule has 1 N–H and O–H groups in total. The molecule has 0 saturated heterocycles. The van der Waals surface area contributed by atoms with Crippen LogP contribution >= 0.6 is 12.2 Å². The Hall–Kier alpha value is -2.21. The van der Waals surface area contributed by atoms with Crippen molar-refractivity contribution in [1.29, 1.82) is 0 Å². The van der Waals surface area contributed by atoms with E-state index in [4.69, 9.17) is 26.1 Å². The predicted octanol–water partition coefficient (Wildman–Crippen LogP) is 2.95. The fraction of sp³-hybridized carbons (Fsp3) is 0.353. The molecule has 0 aliphatic carbocycles. The second kappa shape index (κ2) is 7.37. The average Bonchev–Trinajstić information content (AvgIpc) is 3.11. The van der Waals surface area contributed by atoms with Crippen LogP contribution in [-0.4, -0.2) is 29.8 Å². The summed E-state index contributed by atoms with van der Waals surface area (Å²) in [5.74, 6) is 2.48. The molecule has 2 heterocycles. The summed E-state index contributed by atoms with van der Waals surface area (Å²) in [7, 11) is 0. The number of rotatable bonds is 5. The van der Waals surface area contributed by atoms with Crippen molar-refractivity contribution in [2.45, 2.75) is 20.0 Å². The second-order valence-corrected chi connectivity index (χ2v) is 5.62. The molecule has 23 heavy (non-hydrogen) atoms. The third-order valence-corrected chi connectivity index (χ3v) is 4.05. The van der Waals surface area contributed by atoms with Crippen molar-refractivity contribution in [3.63, 3.8) is 0 Å². The van der Waals surface area contributed by atoms with Gasteiger partial charge in [0, 0.05) is 13.1 Å². The summed E-state index contributed by atoms with van der Waals surface area (Å²) in [4.78, 5) is 2.10. The Morgan fingerprint density at radius 3 is 2.78 bits per heavy atom. The van der Waals surface area contributed by atoms with Gasteiger partial charge in [-0.2, -0.15) is 0 Å². The van der Waals surface area contributed by atoms with E-state index in [1.54, 1.807) is 6.26 Å². The minimum absolute atomic E-state index is 0.587. The molecule has 6 heteroatoms. The minimum atomic E-state index is 0.587. The third-order valence-electron chi connectivity index (χ3n) is 3.64. The number of fused-ring (bicyclic) bond motifs is 1. The Morgan fingerprint density at radius 2 is 2.04 bits per heavy atom. The maximum absolute atomic E-state index is 5.63. The topological polar surface area (TPSA) is 46.9 Å². The Kier molecular flexibility index (Phi) is 5.02. The molecule has 122 valence electrons. The Morgan fingerprint density at radius 1 is 1.22 bits per heavy atom. The summed E-state index contributed by atoms with van der Waals surface area (Å²) in [5, 5.41) is 3.93. The van der Waals surface area contributed by atoms with Gasteiger partial charge in [0.25, 0.3) is 0 Å². The summed E-state index contributed by atoms with van der Waals surface area (Å²) in [6.07, 6.45) is 1.66. The monoisotopic (exact) mass is 332 g/mol. The molecule has 1 aromatic carbocycles. The zero-order valence-electron chi connectivity index (χ0n) is 13.1. The molecule has 0 bridgehead atoms. The highest BCUT2D eigenvalue weighted by Gasteiger charge is 2.14. The van der Waals surface area contributed by atoms with Gasteiger partial charge in [0.05, 0.1) is 12.8 Å². The van der Waals surface area contributed by atoms with E-state index in [1.165, 1.54) is 0 Å². The molecule has 0 atom stereocenters. The number of thiocarbonyl (C=S) groups is 1. The highest BCUT2D eigenvalue weighted by atomic mass is 32.1. The molecule has 5 nitrogen and oxygen atoms in total. The van der Waals surface area contributed by atoms with Gasteiger partial charge in [-0.25, -0.2) is 0 Å². The highest BCUT2D eigenvalue weighted by molar-refractivity contribution is 7.80. The Bertz CT molecular complexity index is 658. The van der Waals surface area contributed by atoms with Gasteiger partial charge < -0.3 is 24.1 Å². The number of furan rings is 1. The number of hydrogen-bond acceptors (Lipinski definition) is 4. The van der Waals surface area contributed by atoms with E-state index in [0.717, 1.165) is 35.9 Å². The lowest BCUT2D eigenvalue weighted by atomic mass is 10.2. The molecule has 2 aromatic rings. The number of benzene rings is 1. The van der Waals surface area contributed by atoms with Crippen molar-refractivity contribution < 1.29 is 13.9 Å². The molecular formula is C17H20N2O3S. The van der Waals surface area contributed by atoms with E-state index < -0.39 is 0 Å². The summed E-state index contributed by atoms with van der Waals surface area (Å²) >= 11 is 5.49. The Labute approximate surface area is 141 Å². The molecule has 3 rings (SSSR count). The summed E-state index contributed by atoms with van der Waals surface area (Å²) in [6.45, 7) is 5.41. The SMILES string of the molecule is CCN(Cc1ccc2c(c1)OCCO2)C(=S)NCc1ccco1. The van der Waals surface area contributed by atoms with Gasteiger partial charge in [-0.05, 0) is 49.0 Å². The van der Waals surface area contributed by atoms with Crippen molar-refractivity contribution >= 4 is 17.3 Å². The molecular weight excluding hydrogens is 312 g/mol. The number of nitrogens with zero attached hydrogens (tertiary/aromatic N) is 1. The van der Waals surface area contributed by atoms with Crippen LogP contribution in [0.4, 0.5) is 0 Å². The van der Waals surface area contributed by atoms with Crippen LogP contribution in [0.15, 0.2) is 41.0 Å². The molecule has 0 amide bonds. The van der Waals surface area contributed by atoms with E-state index in [1.807, 2.05) is 30.3 Å². The van der Waals surface area contributed by atoms with Gasteiger partial charge in [-0.1, -0.05) is 6.07 Å². The van der Waals surface area contributed by atoms with E-state index in [9.17, 15) is 0 Å². The van der Waals surface area contributed by atoms with Crippen LogP contribution in [0, 0.1) is 0 Å². The fourth-order valence-corrected chi connectivity index (χ4v) is 2.69. The van der Waals surface area contributed by atoms with Gasteiger partial charge in [0.15, 0.2) is 16.6 Å². The first-order valence-electron chi connectivity index (χ1n) is 7.70. The molecule has 0 fully saturated rings. The van der Waals surface area contributed by atoms with E-state index >= 15 is 0 Å². The summed E-state index contributed by atoms with van der Waals surface area (Å²) < 4.78 is 16.5. The smallest absolute Gasteiger partial charge is 0.169 e. The maximum atomic E-state index is 5.63. The Balaban J connectivity index is 1.61. The summed E-state index contributed by atoms with van der Waals surface area (Å²) in [6, 6.07) is 9.81. The van der Waals surface area contributed by atoms with Crippen LogP contribution in [0.5, 0.6) is 11.5 Å². The van der Waals surface area contributed by atoms with Gasteiger partial charge in [-0.15, -0.1) is 0 Å². The van der Waals surface area contributed by atoms with Crippen LogP contribution in [0.2, 0.25) is 0 Å². The van der Waals surface area contributed by atoms with Crippen molar-refractivity contribution in [1.82, 2.24) is 10.2 Å². The van der Waals surface area contributed by atoms with E-state index in [2.05, 4.69) is 17.1 Å². The highest BCUT2D eigenvalue weighted by Crippen LogP contribution is 2.31. The van der Waals surface area contributed by atoms with Crippen LogP contribution in [-0.2, 0) is 13.1 Å². The number of nitrogens with one attached hydrogen (secondary N) is 1. The standard InChI is InChI=1S/C17H20N2O3S/c1-2-19(17(23)18-11-14-4-3-7-20-14)12-13-5-6-15-16(10-13)22-9-8-21-15/h3-7,10H,2,8-9,11-12H2,1H3,(H,18,23). The lowest BCUT2D eigenvalue weighted by Crippen LogP contribution is -2.38. The first-order chi connectivity index (χ1) is 11.3. The van der Waals surface area contributed by atoms with Gasteiger partial charge in [0.2, 0.25) is 0 Å². The van der Waals surface area contributed by atoms with Crippen molar-refractivity contribution in [3.05, 3.63) is 47.9 Å². The number of ether oxygens (including phenoxy) is 2. The average molecular weight is 332 g/mol. The van der Waals surface area contributed by atoms with Gasteiger partial charge in [-0.3, -0.25) is 0 Å². The van der Waals surface area contributed by atoms with Gasteiger partial charge >= 0.3 is 0 Å². The zero-order valence-corrected chi connectivity index (χ0v) is 13.9. The first kappa shape index (κ1) is 15.7. The van der Waals surface area contributed by atoms with Crippen LogP contribution in [0.1, 0.15) is 18.2 Å². The van der Waals surface area contributed by atoms with Crippen molar-refractivity contribution in [2.75, 3.05) is 19.8 Å². The zero-order chi connectivity index (χ0) is 16.1. The molecule has 0 spiro atoms. The second-order valence-electron chi connectivity index (χ2n) is 5.23. The van der Waals surface area contributed by atoms with Crippen molar-refractivity contribution in [2.24, 2.45) is 0 Å². The fourth-order valence-electron chi connectivity index (χ4n) is 2.42. The van der Waals surface area contributed by atoms with Crippen molar-refractivity contribution in [3.8, 4) is 11.5 Å². The van der Waals surface area contributed by atoms with Crippen LogP contribution < -0.4 is 14.8 Å². The molecule has 1 aromatic heterocycles. The van der Waals surface area contributed by atoms with E-state index in [0.29, 0.717) is 24.9 Å². The molecule has 1 aliphatic rings. The lowest BCUT2D eigenvalue weighted by molar-refractivity contribution is 0.171. The van der Waals surface area contributed by atoms with Crippen LogP contribution in [0.3, 0.4) is 0 Å². The van der Waals surface area contributed by atoms with E-state index in [-0.39, 0.29) is 0 Å². The molecule has 0 unspecified atom stereocenters. The molecule has 0 radical (unpaired) electrons. The van der Waals surface area contributed by atoms with Gasteiger partial charge in [0.1, 0.15) is 19.0 Å². The number of hydrogen-bond donors (Lipinski definition) is 1. The predicted molar refractivity (Wildman–Crippen MR) is 91.7 cm³/mol. The third kappa shape index (κ3) is 3.96. The first-order valence-corrected chi connectivity index (χ1v) is 8.11. The lowest BCUT2D eigenvalue weighted by Gasteiger charge is -2.25. The maximum Gasteiger partial charge on any atom is 0.169 e. The summed E-state index contributed by atoms with van der Waals surface area (Å²) in [5.41, 5.74) is 1.14. The molecule has 1 aliphatic heterocycles. The molecule has 0 saturated carbocycles. The minimum Gasteiger partial charge on any atom is -0.486 e. The van der Waals surface area contributed by atoms with Crippen LogP contribution in [0.25, 0.3) is 0 Å².